The van der Waals surface area contributed by atoms with E-state index in [9.17, 15) is 9.59 Å². The molecule has 0 bridgehead atoms. The first kappa shape index (κ1) is 14.1. The van der Waals surface area contributed by atoms with Crippen molar-refractivity contribution in [1.29, 1.82) is 0 Å². The first-order chi connectivity index (χ1) is 9.06. The van der Waals surface area contributed by atoms with Gasteiger partial charge in [0.1, 0.15) is 0 Å². The zero-order chi connectivity index (χ0) is 13.8. The molecule has 97 valence electrons. The Morgan fingerprint density at radius 1 is 1.37 bits per heavy atom. The minimum absolute atomic E-state index is 0.0606. The Kier molecular flexibility index (Phi) is 4.58. The molecule has 8 heteroatoms. The van der Waals surface area contributed by atoms with E-state index in [-0.39, 0.29) is 10.3 Å². The molecule has 1 N–H and O–H groups in total. The van der Waals surface area contributed by atoms with Crippen molar-refractivity contribution in [2.45, 2.75) is 0 Å². The maximum absolute atomic E-state index is 12.0. The number of rotatable bonds is 4. The van der Waals surface area contributed by atoms with Crippen LogP contribution in [0.25, 0.3) is 0 Å². The van der Waals surface area contributed by atoms with E-state index >= 15 is 0 Å². The summed E-state index contributed by atoms with van der Waals surface area (Å²) in [6.07, 6.45) is 1.35. The summed E-state index contributed by atoms with van der Waals surface area (Å²) >= 11 is 6.07. The normalized spacial score (nSPS) is 10.8. The second-order valence-electron chi connectivity index (χ2n) is 3.23. The van der Waals surface area contributed by atoms with E-state index in [0.717, 1.165) is 0 Å². The number of carbonyl (C=O) groups excluding carboxylic acids is 1. The Morgan fingerprint density at radius 3 is 2.79 bits per heavy atom. The third-order valence-corrected chi connectivity index (χ3v) is 5.74. The number of halogens is 1. The fourth-order valence-electron chi connectivity index (χ4n) is 1.23. The molecular weight excluding hydrogens is 353 g/mol. The number of ether oxygens (including phenoxy) is 1. The number of pyridine rings is 1. The molecule has 0 fully saturated rings. The first-order valence-electron chi connectivity index (χ1n) is 4.92. The van der Waals surface area contributed by atoms with Gasteiger partial charge in [0.05, 0.1) is 0 Å². The van der Waals surface area contributed by atoms with Gasteiger partial charge in [-0.3, -0.25) is 0 Å². The van der Waals surface area contributed by atoms with E-state index < -0.39 is 21.9 Å². The second kappa shape index (κ2) is 6.19. The van der Waals surface area contributed by atoms with Crippen LogP contribution in [0.2, 0.25) is 4.34 Å². The number of nitrogens with zero attached hydrogens (tertiary/aromatic N) is 1. The molecule has 2 aromatic rings. The summed E-state index contributed by atoms with van der Waals surface area (Å²) in [4.78, 5) is 26.9. The average molecular weight is 359 g/mol. The number of carboxylic acid groups (broad SMARTS) is 1. The second-order valence-corrected chi connectivity index (χ2v) is 7.28. The van der Waals surface area contributed by atoms with E-state index in [4.69, 9.17) is 16.7 Å². The third kappa shape index (κ3) is 3.80. The number of hydrogen-bond donors (Lipinski definition) is 1. The fraction of sp³-hybridized carbons (Fsp3) is 0. The molecule has 2 aromatic heterocycles. The molecule has 0 saturated carbocycles. The first-order valence-corrected chi connectivity index (χ1v) is 7.99. The molecule has 0 aliphatic rings. The van der Waals surface area contributed by atoms with Crippen LogP contribution < -0.4 is 9.09 Å². The molecule has 1 radical (unpaired) electrons. The molecule has 5 nitrogen and oxygen atoms in total. The van der Waals surface area contributed by atoms with Gasteiger partial charge >= 0.3 is 124 Å². The van der Waals surface area contributed by atoms with Crippen LogP contribution in [0.1, 0.15) is 9.67 Å². The quantitative estimate of drug-likeness (QED) is 0.668. The van der Waals surface area contributed by atoms with Gasteiger partial charge in [-0.1, -0.05) is 0 Å². The van der Waals surface area contributed by atoms with Gasteiger partial charge in [-0.25, -0.2) is 0 Å². The van der Waals surface area contributed by atoms with Crippen LogP contribution in [0.5, 0.6) is 5.75 Å². The van der Waals surface area contributed by atoms with Gasteiger partial charge in [0.15, 0.2) is 0 Å². The van der Waals surface area contributed by atoms with Crippen molar-refractivity contribution in [3.05, 3.63) is 39.8 Å². The van der Waals surface area contributed by atoms with Crippen molar-refractivity contribution >= 4 is 53.8 Å². The summed E-state index contributed by atoms with van der Waals surface area (Å²) in [5.41, 5.74) is 0. The van der Waals surface area contributed by atoms with Crippen molar-refractivity contribution in [2.24, 2.45) is 0 Å². The predicted octanol–water partition coefficient (Wildman–Crippen LogP) is 2.02. The number of aromatic nitrogens is 1. The van der Waals surface area contributed by atoms with E-state index in [1.165, 1.54) is 23.7 Å². The fourth-order valence-corrected chi connectivity index (χ4v) is 4.23. The molecule has 0 aliphatic carbocycles. The topological polar surface area (TPSA) is 76.5 Å². The standard InChI is InChI=1S/C11H6AsClNO4S/c13-9-2-1-8(19-9)10(15)12-6-3-4-14-5-7(6)18-11(16)17/h1-5H,(H,16,17). The Hall–Kier alpha value is -1.36. The van der Waals surface area contributed by atoms with Crippen LogP contribution in [-0.4, -0.2) is 36.6 Å². The molecule has 0 atom stereocenters. The summed E-state index contributed by atoms with van der Waals surface area (Å²) in [7, 11) is 0. The summed E-state index contributed by atoms with van der Waals surface area (Å²) in [5.74, 6) is 0.103. The Morgan fingerprint density at radius 2 is 2.16 bits per heavy atom. The van der Waals surface area contributed by atoms with Crippen molar-refractivity contribution in [3.63, 3.8) is 0 Å². The van der Waals surface area contributed by atoms with Gasteiger partial charge < -0.3 is 0 Å². The summed E-state index contributed by atoms with van der Waals surface area (Å²) in [5, 5.41) is 8.61. The van der Waals surface area contributed by atoms with E-state index in [1.807, 2.05) is 0 Å². The molecule has 0 aliphatic heterocycles. The van der Waals surface area contributed by atoms with Gasteiger partial charge in [0.25, 0.3) is 0 Å². The Bertz CT molecular complexity index is 631. The van der Waals surface area contributed by atoms with Crippen LogP contribution in [0, 0.1) is 0 Å². The molecule has 0 unspecified atom stereocenters. The van der Waals surface area contributed by atoms with Gasteiger partial charge in [0, 0.05) is 0 Å². The third-order valence-electron chi connectivity index (χ3n) is 1.97. The van der Waals surface area contributed by atoms with Crippen LogP contribution >= 0.6 is 22.9 Å². The van der Waals surface area contributed by atoms with Gasteiger partial charge in [-0.05, 0) is 0 Å². The summed E-state index contributed by atoms with van der Waals surface area (Å²) in [6.45, 7) is 0. The van der Waals surface area contributed by atoms with E-state index in [1.54, 1.807) is 18.2 Å². The SMILES string of the molecule is O=C(O)Oc1cnccc1[As]C(=O)c1ccc(Cl)s1. The van der Waals surface area contributed by atoms with Crippen LogP contribution in [0.3, 0.4) is 0 Å². The minimum atomic E-state index is -1.43. The zero-order valence-electron chi connectivity index (χ0n) is 9.24. The average Bonchev–Trinajstić information content (AvgIpc) is 2.78. The van der Waals surface area contributed by atoms with Crippen LogP contribution in [0.4, 0.5) is 4.79 Å². The predicted molar refractivity (Wildman–Crippen MR) is 71.9 cm³/mol. The van der Waals surface area contributed by atoms with Crippen molar-refractivity contribution in [1.82, 2.24) is 4.98 Å². The number of hydrogen-bond acceptors (Lipinski definition) is 5. The van der Waals surface area contributed by atoms with Gasteiger partial charge in [-0.15, -0.1) is 0 Å². The number of carbonyl (C=O) groups is 2. The van der Waals surface area contributed by atoms with Crippen LogP contribution in [-0.2, 0) is 0 Å². The van der Waals surface area contributed by atoms with E-state index in [2.05, 4.69) is 9.72 Å². The molecule has 0 spiro atoms. The van der Waals surface area contributed by atoms with Crippen molar-refractivity contribution in [2.75, 3.05) is 0 Å². The number of thiophene rings is 1. The van der Waals surface area contributed by atoms with Gasteiger partial charge in [-0.2, -0.15) is 0 Å². The molecule has 2 rings (SSSR count). The van der Waals surface area contributed by atoms with Crippen molar-refractivity contribution in [3.8, 4) is 5.75 Å². The molecular formula is C11H6AsClNO4S. The van der Waals surface area contributed by atoms with Crippen molar-refractivity contribution < 1.29 is 19.4 Å². The maximum atomic E-state index is 12.0. The molecule has 0 aromatic carbocycles. The summed E-state index contributed by atoms with van der Waals surface area (Å²) in [6, 6.07) is 4.90. The molecule has 2 heterocycles. The van der Waals surface area contributed by atoms with E-state index in [0.29, 0.717) is 13.6 Å². The Balaban J connectivity index is 2.19. The Labute approximate surface area is 123 Å². The van der Waals surface area contributed by atoms with Gasteiger partial charge in [0.2, 0.25) is 0 Å². The van der Waals surface area contributed by atoms with Crippen LogP contribution in [0.15, 0.2) is 30.6 Å². The molecule has 19 heavy (non-hydrogen) atoms. The molecule has 0 amide bonds. The molecule has 0 saturated heterocycles. The summed E-state index contributed by atoms with van der Waals surface area (Å²) < 4.78 is 5.63. The zero-order valence-corrected chi connectivity index (χ0v) is 12.7. The monoisotopic (exact) mass is 358 g/mol.